The van der Waals surface area contributed by atoms with Gasteiger partial charge in [0.25, 0.3) is 0 Å². The minimum atomic E-state index is -2.41. The molecule has 2 N–H and O–H groups in total. The van der Waals surface area contributed by atoms with E-state index >= 15 is 0 Å². The molecule has 0 aliphatic heterocycles. The molecule has 1 aromatic rings. The quantitative estimate of drug-likeness (QED) is 0.457. The zero-order chi connectivity index (χ0) is 16.3. The summed E-state index contributed by atoms with van der Waals surface area (Å²) in [7, 11) is 2.53. The summed E-state index contributed by atoms with van der Waals surface area (Å²) in [6.45, 7) is 6.46. The fourth-order valence-corrected chi connectivity index (χ4v) is 3.87. The molecule has 0 aliphatic carbocycles. The summed E-state index contributed by atoms with van der Waals surface area (Å²) in [6.07, 6.45) is 2.81. The third kappa shape index (κ3) is 6.29. The smallest absolute Gasteiger partial charge is 0.384 e. The number of anilines is 1. The van der Waals surface area contributed by atoms with Gasteiger partial charge in [0.15, 0.2) is 0 Å². The summed E-state index contributed by atoms with van der Waals surface area (Å²) >= 11 is 0. The van der Waals surface area contributed by atoms with Crippen molar-refractivity contribution in [2.75, 3.05) is 46.3 Å². The van der Waals surface area contributed by atoms with Gasteiger partial charge < -0.3 is 23.9 Å². The van der Waals surface area contributed by atoms with E-state index in [1.54, 1.807) is 21.3 Å². The van der Waals surface area contributed by atoms with Gasteiger partial charge in [-0.05, 0) is 30.7 Å². The molecule has 0 amide bonds. The molecule has 0 aliphatic rings. The average molecular weight is 324 g/mol. The molecule has 0 aromatic heterocycles. The van der Waals surface area contributed by atoms with Crippen LogP contribution in [0.4, 0.5) is 5.69 Å². The van der Waals surface area contributed by atoms with Gasteiger partial charge >= 0.3 is 8.80 Å². The topological polar surface area (TPSA) is 51.8 Å². The van der Waals surface area contributed by atoms with E-state index in [2.05, 4.69) is 29.3 Å². The second kappa shape index (κ2) is 10.5. The summed E-state index contributed by atoms with van der Waals surface area (Å²) < 4.78 is 16.2. The molecule has 1 aromatic carbocycles. The molecule has 124 valence electrons. The lowest BCUT2D eigenvalue weighted by atomic mass is 10.2. The Kier molecular flexibility index (Phi) is 9.03. The molecule has 6 heteroatoms. The van der Waals surface area contributed by atoms with Crippen molar-refractivity contribution in [2.45, 2.75) is 12.5 Å². The Hall–Kier alpha value is -1.18. The van der Waals surface area contributed by atoms with E-state index in [1.807, 2.05) is 18.2 Å². The zero-order valence-electron chi connectivity index (χ0n) is 13.9. The van der Waals surface area contributed by atoms with Gasteiger partial charge in [-0.25, -0.2) is 0 Å². The van der Waals surface area contributed by atoms with Crippen molar-refractivity contribution in [3.05, 3.63) is 36.4 Å². The lowest BCUT2D eigenvalue weighted by molar-refractivity contribution is 0.123. The van der Waals surface area contributed by atoms with E-state index in [0.29, 0.717) is 0 Å². The maximum atomic E-state index is 5.39. The SMILES string of the molecule is C=Cc1ccc(NCCNCCC[Si](OC)(OC)OC)cc1. The second-order valence-electron chi connectivity index (χ2n) is 4.90. The van der Waals surface area contributed by atoms with Gasteiger partial charge in [-0.3, -0.25) is 0 Å². The molecule has 0 fully saturated rings. The van der Waals surface area contributed by atoms with Crippen molar-refractivity contribution < 1.29 is 13.3 Å². The van der Waals surface area contributed by atoms with E-state index < -0.39 is 8.80 Å². The molecule has 0 heterocycles. The number of hydrogen-bond acceptors (Lipinski definition) is 5. The number of benzene rings is 1. The fraction of sp³-hybridized carbons (Fsp3) is 0.500. The highest BCUT2D eigenvalue weighted by Crippen LogP contribution is 2.14. The van der Waals surface area contributed by atoms with Crippen molar-refractivity contribution in [2.24, 2.45) is 0 Å². The second-order valence-corrected chi connectivity index (χ2v) is 7.99. The highest BCUT2D eigenvalue weighted by Gasteiger charge is 2.36. The van der Waals surface area contributed by atoms with Gasteiger partial charge in [0.1, 0.15) is 0 Å². The van der Waals surface area contributed by atoms with Crippen LogP contribution in [0.5, 0.6) is 0 Å². The van der Waals surface area contributed by atoms with Gasteiger partial charge in [0.2, 0.25) is 0 Å². The molecule has 1 rings (SSSR count). The van der Waals surface area contributed by atoms with E-state index in [-0.39, 0.29) is 0 Å². The van der Waals surface area contributed by atoms with Crippen LogP contribution in [0.15, 0.2) is 30.8 Å². The molecule has 0 saturated heterocycles. The zero-order valence-corrected chi connectivity index (χ0v) is 14.9. The first-order valence-corrected chi connectivity index (χ1v) is 9.45. The van der Waals surface area contributed by atoms with Crippen molar-refractivity contribution in [3.8, 4) is 0 Å². The third-order valence-corrected chi connectivity index (χ3v) is 6.38. The first-order valence-electron chi connectivity index (χ1n) is 7.52. The van der Waals surface area contributed by atoms with Crippen LogP contribution in [0, 0.1) is 0 Å². The predicted molar refractivity (Wildman–Crippen MR) is 94.1 cm³/mol. The van der Waals surface area contributed by atoms with Crippen LogP contribution in [0.3, 0.4) is 0 Å². The Morgan fingerprint density at radius 3 is 2.18 bits per heavy atom. The number of hydrogen-bond donors (Lipinski definition) is 2. The largest absolute Gasteiger partial charge is 0.500 e. The van der Waals surface area contributed by atoms with Crippen LogP contribution in [0.25, 0.3) is 6.08 Å². The van der Waals surface area contributed by atoms with Crippen LogP contribution in [-0.2, 0) is 13.3 Å². The lowest BCUT2D eigenvalue weighted by Crippen LogP contribution is -2.43. The number of rotatable bonds is 12. The summed E-state index contributed by atoms with van der Waals surface area (Å²) in [5, 5.41) is 6.77. The Balaban J connectivity index is 2.11. The summed E-state index contributed by atoms with van der Waals surface area (Å²) in [6, 6.07) is 9.04. The van der Waals surface area contributed by atoms with Crippen molar-refractivity contribution in [1.29, 1.82) is 0 Å². The average Bonchev–Trinajstić information content (AvgIpc) is 2.58. The third-order valence-electron chi connectivity index (χ3n) is 3.55. The van der Waals surface area contributed by atoms with E-state index in [1.165, 1.54) is 0 Å². The first kappa shape index (κ1) is 18.9. The van der Waals surface area contributed by atoms with Gasteiger partial charge in [-0.15, -0.1) is 0 Å². The molecule has 0 bridgehead atoms. The molecule has 0 spiro atoms. The molecular weight excluding hydrogens is 296 g/mol. The van der Waals surface area contributed by atoms with Gasteiger partial charge in [0, 0.05) is 46.2 Å². The Bertz CT molecular complexity index is 414. The van der Waals surface area contributed by atoms with Crippen LogP contribution in [0.2, 0.25) is 6.04 Å². The van der Waals surface area contributed by atoms with E-state index in [0.717, 1.165) is 43.4 Å². The summed E-state index contributed by atoms with van der Waals surface area (Å²) in [5.74, 6) is 0. The van der Waals surface area contributed by atoms with E-state index in [9.17, 15) is 0 Å². The van der Waals surface area contributed by atoms with Crippen molar-refractivity contribution in [1.82, 2.24) is 5.32 Å². The van der Waals surface area contributed by atoms with Crippen LogP contribution in [-0.4, -0.2) is 49.8 Å². The van der Waals surface area contributed by atoms with E-state index in [4.69, 9.17) is 13.3 Å². The summed E-state index contributed by atoms with van der Waals surface area (Å²) in [5.41, 5.74) is 2.25. The minimum Gasteiger partial charge on any atom is -0.384 e. The molecule has 22 heavy (non-hydrogen) atoms. The Morgan fingerprint density at radius 1 is 1.00 bits per heavy atom. The first-order chi connectivity index (χ1) is 10.7. The number of nitrogens with one attached hydrogen (secondary N) is 2. The molecule has 5 nitrogen and oxygen atoms in total. The van der Waals surface area contributed by atoms with Crippen LogP contribution >= 0.6 is 0 Å². The maximum absolute atomic E-state index is 5.39. The molecule has 0 saturated carbocycles. The lowest BCUT2D eigenvalue weighted by Gasteiger charge is -2.24. The van der Waals surface area contributed by atoms with Gasteiger partial charge in [-0.2, -0.15) is 0 Å². The molecule has 0 atom stereocenters. The van der Waals surface area contributed by atoms with Gasteiger partial charge in [0.05, 0.1) is 0 Å². The van der Waals surface area contributed by atoms with Crippen LogP contribution < -0.4 is 10.6 Å². The highest BCUT2D eigenvalue weighted by atomic mass is 28.4. The molecule has 0 radical (unpaired) electrons. The molecule has 0 unspecified atom stereocenters. The van der Waals surface area contributed by atoms with Crippen molar-refractivity contribution in [3.63, 3.8) is 0 Å². The highest BCUT2D eigenvalue weighted by molar-refractivity contribution is 6.60. The Labute approximate surface area is 135 Å². The normalized spacial score (nSPS) is 11.4. The predicted octanol–water partition coefficient (Wildman–Crippen LogP) is 2.60. The minimum absolute atomic E-state index is 0.819. The molecular formula is C16H28N2O3Si. The fourth-order valence-electron chi connectivity index (χ4n) is 2.14. The Morgan fingerprint density at radius 2 is 1.64 bits per heavy atom. The maximum Gasteiger partial charge on any atom is 0.500 e. The van der Waals surface area contributed by atoms with Crippen molar-refractivity contribution >= 4 is 20.6 Å². The summed E-state index contributed by atoms with van der Waals surface area (Å²) in [4.78, 5) is 0. The monoisotopic (exact) mass is 324 g/mol. The standard InChI is InChI=1S/C16H28N2O3Si/c1-5-15-7-9-16(10-8-15)18-13-12-17-11-6-14-22(19-2,20-3)21-4/h5,7-10,17-18H,1,6,11-14H2,2-4H3. The van der Waals surface area contributed by atoms with Gasteiger partial charge in [-0.1, -0.05) is 24.8 Å². The van der Waals surface area contributed by atoms with Crippen LogP contribution in [0.1, 0.15) is 12.0 Å².